The molecule has 2 N–H and O–H groups in total. The zero-order valence-corrected chi connectivity index (χ0v) is 17.4. The SMILES string of the molecule is CC(=O)OC[C@H]1OC(c2cccc(O)c2O)[C@H](OC(C)=O)[C@@H](OC(C)=O)[C@@H]1OC(C)=O. The smallest absolute Gasteiger partial charge is 0.303 e. The number of hydrogen-bond acceptors (Lipinski definition) is 11. The first-order valence-electron chi connectivity index (χ1n) is 9.32. The van der Waals surface area contributed by atoms with Crippen LogP contribution < -0.4 is 0 Å². The van der Waals surface area contributed by atoms with Crippen molar-refractivity contribution in [3.05, 3.63) is 23.8 Å². The molecule has 1 aromatic rings. The van der Waals surface area contributed by atoms with Gasteiger partial charge in [-0.3, -0.25) is 19.2 Å². The van der Waals surface area contributed by atoms with Crippen LogP contribution >= 0.6 is 0 Å². The molecule has 5 atom stereocenters. The Balaban J connectivity index is 2.59. The number of ether oxygens (including phenoxy) is 5. The molecular formula is C20H24O11. The van der Waals surface area contributed by atoms with E-state index in [0.29, 0.717) is 0 Å². The van der Waals surface area contributed by atoms with Gasteiger partial charge in [0.15, 0.2) is 29.8 Å². The van der Waals surface area contributed by atoms with Gasteiger partial charge in [0.1, 0.15) is 18.8 Å². The van der Waals surface area contributed by atoms with Crippen molar-refractivity contribution < 1.29 is 53.1 Å². The van der Waals surface area contributed by atoms with E-state index < -0.39 is 72.5 Å². The number of hydrogen-bond donors (Lipinski definition) is 2. The van der Waals surface area contributed by atoms with Crippen LogP contribution in [0, 0.1) is 0 Å². The lowest BCUT2D eigenvalue weighted by Gasteiger charge is -2.44. The van der Waals surface area contributed by atoms with Crippen LogP contribution in [0.1, 0.15) is 39.4 Å². The predicted molar refractivity (Wildman–Crippen MR) is 101 cm³/mol. The number of aromatic hydroxyl groups is 2. The summed E-state index contributed by atoms with van der Waals surface area (Å²) in [6, 6.07) is 4.04. The number of carbonyl (C=O) groups is 4. The average Bonchev–Trinajstić information content (AvgIpc) is 2.65. The van der Waals surface area contributed by atoms with Gasteiger partial charge < -0.3 is 33.9 Å². The number of benzene rings is 1. The molecule has 11 nitrogen and oxygen atoms in total. The van der Waals surface area contributed by atoms with Gasteiger partial charge >= 0.3 is 23.9 Å². The molecule has 11 heteroatoms. The number of esters is 4. The molecule has 0 spiro atoms. The van der Waals surface area contributed by atoms with Gasteiger partial charge in [0.05, 0.1) is 0 Å². The molecule has 1 unspecified atom stereocenters. The van der Waals surface area contributed by atoms with Crippen molar-refractivity contribution in [2.75, 3.05) is 6.61 Å². The quantitative estimate of drug-likeness (QED) is 0.368. The van der Waals surface area contributed by atoms with Gasteiger partial charge in [-0.25, -0.2) is 0 Å². The lowest BCUT2D eigenvalue weighted by Crippen LogP contribution is -2.59. The highest BCUT2D eigenvalue weighted by Crippen LogP contribution is 2.42. The minimum absolute atomic E-state index is 0.0116. The van der Waals surface area contributed by atoms with Gasteiger partial charge in [0.25, 0.3) is 0 Å². The summed E-state index contributed by atoms with van der Waals surface area (Å²) >= 11 is 0. The third-order valence-corrected chi connectivity index (χ3v) is 4.34. The topological polar surface area (TPSA) is 155 Å². The van der Waals surface area contributed by atoms with E-state index >= 15 is 0 Å². The van der Waals surface area contributed by atoms with Gasteiger partial charge in [0.2, 0.25) is 0 Å². The molecule has 31 heavy (non-hydrogen) atoms. The fourth-order valence-electron chi connectivity index (χ4n) is 3.26. The van der Waals surface area contributed by atoms with Crippen molar-refractivity contribution in [1.82, 2.24) is 0 Å². The monoisotopic (exact) mass is 440 g/mol. The van der Waals surface area contributed by atoms with E-state index in [4.69, 9.17) is 23.7 Å². The second-order valence-electron chi connectivity index (χ2n) is 6.83. The molecule has 1 aliphatic rings. The molecule has 1 aromatic carbocycles. The minimum Gasteiger partial charge on any atom is -0.504 e. The standard InChI is InChI=1S/C20H24O11/c1-9(21)27-8-15-18(28-10(2)22)20(30-12(4)24)19(29-11(3)23)17(31-15)13-6-5-7-14(25)16(13)26/h5-7,15,17-20,25-26H,8H2,1-4H3/t15-,17?,18-,19+,20+/m1/s1. The number of phenols is 2. The summed E-state index contributed by atoms with van der Waals surface area (Å²) in [6.45, 7) is 4.09. The summed E-state index contributed by atoms with van der Waals surface area (Å²) in [6.07, 6.45) is -6.47. The maximum absolute atomic E-state index is 11.8. The third-order valence-electron chi connectivity index (χ3n) is 4.34. The Kier molecular flexibility index (Phi) is 7.81. The number of carbonyl (C=O) groups excluding carboxylic acids is 4. The van der Waals surface area contributed by atoms with E-state index in [2.05, 4.69) is 0 Å². The average molecular weight is 440 g/mol. The molecule has 0 aliphatic carbocycles. The summed E-state index contributed by atoms with van der Waals surface area (Å²) < 4.78 is 26.8. The van der Waals surface area contributed by atoms with Crippen LogP contribution in [0.4, 0.5) is 0 Å². The maximum Gasteiger partial charge on any atom is 0.303 e. The van der Waals surface area contributed by atoms with E-state index in [1.807, 2.05) is 0 Å². The van der Waals surface area contributed by atoms with E-state index in [-0.39, 0.29) is 5.56 Å². The first-order valence-corrected chi connectivity index (χ1v) is 9.32. The fraction of sp³-hybridized carbons (Fsp3) is 0.500. The molecule has 0 saturated carbocycles. The summed E-state index contributed by atoms with van der Waals surface area (Å²) in [5.41, 5.74) is 0.0116. The zero-order chi connectivity index (χ0) is 23.3. The van der Waals surface area contributed by atoms with Crippen molar-refractivity contribution in [2.45, 2.75) is 58.2 Å². The Morgan fingerprint density at radius 1 is 0.839 bits per heavy atom. The van der Waals surface area contributed by atoms with E-state index in [1.54, 1.807) is 0 Å². The van der Waals surface area contributed by atoms with Gasteiger partial charge in [0, 0.05) is 33.3 Å². The van der Waals surface area contributed by atoms with Crippen LogP contribution in [-0.4, -0.2) is 65.1 Å². The summed E-state index contributed by atoms with van der Waals surface area (Å²) in [5, 5.41) is 20.2. The fourth-order valence-corrected chi connectivity index (χ4v) is 3.26. The van der Waals surface area contributed by atoms with Crippen molar-refractivity contribution in [3.63, 3.8) is 0 Å². The van der Waals surface area contributed by atoms with Crippen LogP contribution in [-0.2, 0) is 42.9 Å². The van der Waals surface area contributed by atoms with Gasteiger partial charge in [-0.05, 0) is 6.07 Å². The lowest BCUT2D eigenvalue weighted by atomic mass is 9.90. The molecule has 0 bridgehead atoms. The van der Waals surface area contributed by atoms with Gasteiger partial charge in [-0.1, -0.05) is 12.1 Å². The molecule has 1 aliphatic heterocycles. The molecule has 1 fully saturated rings. The summed E-state index contributed by atoms with van der Waals surface area (Å²) in [7, 11) is 0. The van der Waals surface area contributed by atoms with Gasteiger partial charge in [-0.2, -0.15) is 0 Å². The summed E-state index contributed by atoms with van der Waals surface area (Å²) in [5.74, 6) is -3.96. The second kappa shape index (κ2) is 10.1. The first kappa shape index (κ1) is 23.9. The van der Waals surface area contributed by atoms with Crippen LogP contribution in [0.3, 0.4) is 0 Å². The highest BCUT2D eigenvalue weighted by Gasteiger charge is 2.53. The van der Waals surface area contributed by atoms with Crippen LogP contribution in [0.15, 0.2) is 18.2 Å². The van der Waals surface area contributed by atoms with Crippen molar-refractivity contribution in [2.24, 2.45) is 0 Å². The Labute approximate surface area is 177 Å². The second-order valence-corrected chi connectivity index (χ2v) is 6.83. The Hall–Kier alpha value is -3.34. The predicted octanol–water partition coefficient (Wildman–Crippen LogP) is 0.896. The molecule has 0 radical (unpaired) electrons. The van der Waals surface area contributed by atoms with Crippen molar-refractivity contribution in [1.29, 1.82) is 0 Å². The Morgan fingerprint density at radius 3 is 1.94 bits per heavy atom. The zero-order valence-electron chi connectivity index (χ0n) is 17.4. The molecule has 2 rings (SSSR count). The lowest BCUT2D eigenvalue weighted by molar-refractivity contribution is -0.254. The molecular weight excluding hydrogens is 416 g/mol. The largest absolute Gasteiger partial charge is 0.504 e. The maximum atomic E-state index is 11.8. The highest BCUT2D eigenvalue weighted by molar-refractivity contribution is 5.69. The highest BCUT2D eigenvalue weighted by atomic mass is 16.7. The summed E-state index contributed by atoms with van der Waals surface area (Å²) in [4.78, 5) is 46.6. The van der Waals surface area contributed by atoms with E-state index in [0.717, 1.165) is 27.7 Å². The number of para-hydroxylation sites is 1. The van der Waals surface area contributed by atoms with E-state index in [1.165, 1.54) is 18.2 Å². The van der Waals surface area contributed by atoms with Gasteiger partial charge in [-0.15, -0.1) is 0 Å². The minimum atomic E-state index is -1.37. The molecule has 1 saturated heterocycles. The Bertz CT molecular complexity index is 850. The third kappa shape index (κ3) is 6.07. The molecule has 0 amide bonds. The molecule has 0 aromatic heterocycles. The molecule has 170 valence electrons. The first-order chi connectivity index (χ1) is 14.5. The van der Waals surface area contributed by atoms with Crippen molar-refractivity contribution in [3.8, 4) is 11.5 Å². The van der Waals surface area contributed by atoms with Crippen LogP contribution in [0.5, 0.6) is 11.5 Å². The van der Waals surface area contributed by atoms with Crippen LogP contribution in [0.25, 0.3) is 0 Å². The normalized spacial score (nSPS) is 25.2. The van der Waals surface area contributed by atoms with Crippen molar-refractivity contribution >= 4 is 23.9 Å². The number of rotatable bonds is 6. The molecule has 1 heterocycles. The Morgan fingerprint density at radius 2 is 1.39 bits per heavy atom. The number of phenolic OH excluding ortho intramolecular Hbond substituents is 2. The van der Waals surface area contributed by atoms with Crippen LogP contribution in [0.2, 0.25) is 0 Å². The van der Waals surface area contributed by atoms with E-state index in [9.17, 15) is 29.4 Å².